The number of rotatable bonds is 3. The first kappa shape index (κ1) is 15.4. The number of hydrogen-bond donors (Lipinski definition) is 1. The minimum Gasteiger partial charge on any atom is -0.323 e. The average Bonchev–Trinajstić information content (AvgIpc) is 2.80. The van der Waals surface area contributed by atoms with Gasteiger partial charge >= 0.3 is 0 Å². The molecule has 1 aliphatic heterocycles. The highest BCUT2D eigenvalue weighted by molar-refractivity contribution is 5.22. The number of likely N-dealkylation sites (tertiary alicyclic amines) is 1. The summed E-state index contributed by atoms with van der Waals surface area (Å²) in [6.45, 7) is 9.27. The Labute approximate surface area is 120 Å². The molecule has 2 rings (SSSR count). The molecule has 4 heteroatoms. The summed E-state index contributed by atoms with van der Waals surface area (Å²) in [6.07, 6.45) is 1.14. The Bertz CT molecular complexity index is 468. The first-order valence-corrected chi connectivity index (χ1v) is 7.20. The zero-order valence-electron chi connectivity index (χ0n) is 12.5. The SMILES string of the molecule is CC(C)(C)C1CCN(CC(N)c2cc(F)ccc2F)C1. The van der Waals surface area contributed by atoms with Gasteiger partial charge in [0.05, 0.1) is 0 Å². The minimum atomic E-state index is -0.482. The highest BCUT2D eigenvalue weighted by atomic mass is 19.1. The maximum Gasteiger partial charge on any atom is 0.128 e. The van der Waals surface area contributed by atoms with Crippen LogP contribution in [-0.4, -0.2) is 24.5 Å². The van der Waals surface area contributed by atoms with Gasteiger partial charge in [-0.3, -0.25) is 0 Å². The molecule has 1 saturated heterocycles. The number of benzene rings is 1. The Morgan fingerprint density at radius 1 is 1.35 bits per heavy atom. The van der Waals surface area contributed by atoms with Crippen molar-refractivity contribution in [2.45, 2.75) is 33.2 Å². The van der Waals surface area contributed by atoms with E-state index in [1.54, 1.807) is 0 Å². The number of nitrogens with two attached hydrogens (primary N) is 1. The molecule has 0 spiro atoms. The third-order valence-corrected chi connectivity index (χ3v) is 4.31. The van der Waals surface area contributed by atoms with Crippen molar-refractivity contribution in [1.29, 1.82) is 0 Å². The summed E-state index contributed by atoms with van der Waals surface area (Å²) in [7, 11) is 0. The van der Waals surface area contributed by atoms with E-state index in [0.29, 0.717) is 12.5 Å². The molecule has 2 nitrogen and oxygen atoms in total. The topological polar surface area (TPSA) is 29.3 Å². The third kappa shape index (κ3) is 3.55. The van der Waals surface area contributed by atoms with Gasteiger partial charge in [0, 0.05) is 24.7 Å². The summed E-state index contributed by atoms with van der Waals surface area (Å²) in [5.74, 6) is -0.233. The van der Waals surface area contributed by atoms with E-state index < -0.39 is 17.7 Å². The molecule has 112 valence electrons. The predicted molar refractivity (Wildman–Crippen MR) is 77.3 cm³/mol. The van der Waals surface area contributed by atoms with Crippen LogP contribution in [0.4, 0.5) is 8.78 Å². The summed E-state index contributed by atoms with van der Waals surface area (Å²) in [4.78, 5) is 2.25. The Hall–Kier alpha value is -1.00. The van der Waals surface area contributed by atoms with Crippen LogP contribution in [0.15, 0.2) is 18.2 Å². The molecule has 0 saturated carbocycles. The lowest BCUT2D eigenvalue weighted by atomic mass is 9.80. The summed E-state index contributed by atoms with van der Waals surface area (Å²) >= 11 is 0. The standard InChI is InChI=1S/C16H24F2N2/c1-16(2,3)11-6-7-20(9-11)10-15(19)13-8-12(17)4-5-14(13)18/h4-5,8,11,15H,6-7,9-10,19H2,1-3H3. The van der Waals surface area contributed by atoms with Crippen LogP contribution in [0.2, 0.25) is 0 Å². The molecule has 1 aromatic carbocycles. The van der Waals surface area contributed by atoms with E-state index >= 15 is 0 Å². The largest absolute Gasteiger partial charge is 0.323 e. The van der Waals surface area contributed by atoms with Crippen LogP contribution >= 0.6 is 0 Å². The van der Waals surface area contributed by atoms with Gasteiger partial charge in [0.15, 0.2) is 0 Å². The van der Waals surface area contributed by atoms with Crippen molar-refractivity contribution < 1.29 is 8.78 Å². The average molecular weight is 282 g/mol. The van der Waals surface area contributed by atoms with Gasteiger partial charge in [0.2, 0.25) is 0 Å². The number of halogens is 2. The van der Waals surface area contributed by atoms with E-state index in [-0.39, 0.29) is 11.0 Å². The molecule has 20 heavy (non-hydrogen) atoms. The van der Waals surface area contributed by atoms with Crippen molar-refractivity contribution in [1.82, 2.24) is 4.90 Å². The van der Waals surface area contributed by atoms with Crippen molar-refractivity contribution in [3.63, 3.8) is 0 Å². The molecule has 0 aliphatic carbocycles. The van der Waals surface area contributed by atoms with Gasteiger partial charge in [0.25, 0.3) is 0 Å². The molecule has 0 radical (unpaired) electrons. The molecule has 1 fully saturated rings. The van der Waals surface area contributed by atoms with Crippen LogP contribution in [-0.2, 0) is 0 Å². The quantitative estimate of drug-likeness (QED) is 0.921. The Balaban J connectivity index is 1.99. The molecule has 2 atom stereocenters. The molecule has 2 N–H and O–H groups in total. The van der Waals surface area contributed by atoms with E-state index in [1.807, 2.05) is 0 Å². The molecule has 0 amide bonds. The van der Waals surface area contributed by atoms with E-state index in [9.17, 15) is 8.78 Å². The highest BCUT2D eigenvalue weighted by Crippen LogP contribution is 2.34. The van der Waals surface area contributed by atoms with Gasteiger partial charge in [-0.05, 0) is 42.5 Å². The van der Waals surface area contributed by atoms with Gasteiger partial charge in [-0.2, -0.15) is 0 Å². The maximum absolute atomic E-state index is 13.7. The molecule has 1 heterocycles. The van der Waals surface area contributed by atoms with Crippen LogP contribution in [0.5, 0.6) is 0 Å². The summed E-state index contributed by atoms with van der Waals surface area (Å²) < 4.78 is 26.9. The lowest BCUT2D eigenvalue weighted by Gasteiger charge is -2.28. The van der Waals surface area contributed by atoms with Crippen LogP contribution in [0.25, 0.3) is 0 Å². The monoisotopic (exact) mass is 282 g/mol. The summed E-state index contributed by atoms with van der Waals surface area (Å²) in [5, 5.41) is 0. The van der Waals surface area contributed by atoms with Crippen molar-refractivity contribution in [2.75, 3.05) is 19.6 Å². The Morgan fingerprint density at radius 3 is 2.65 bits per heavy atom. The Kier molecular flexibility index (Phi) is 4.45. The first-order valence-electron chi connectivity index (χ1n) is 7.20. The normalized spacial score (nSPS) is 22.2. The highest BCUT2D eigenvalue weighted by Gasteiger charge is 2.32. The van der Waals surface area contributed by atoms with Crippen LogP contribution < -0.4 is 5.73 Å². The predicted octanol–water partition coefficient (Wildman–Crippen LogP) is 3.33. The molecular weight excluding hydrogens is 258 g/mol. The number of nitrogens with zero attached hydrogens (tertiary/aromatic N) is 1. The lowest BCUT2D eigenvalue weighted by Crippen LogP contribution is -2.32. The van der Waals surface area contributed by atoms with E-state index in [4.69, 9.17) is 5.73 Å². The zero-order chi connectivity index (χ0) is 14.9. The van der Waals surface area contributed by atoms with Gasteiger partial charge < -0.3 is 10.6 Å². The van der Waals surface area contributed by atoms with E-state index in [0.717, 1.165) is 31.6 Å². The maximum atomic E-state index is 13.7. The van der Waals surface area contributed by atoms with Crippen LogP contribution in [0.1, 0.15) is 38.8 Å². The number of hydrogen-bond acceptors (Lipinski definition) is 2. The van der Waals surface area contributed by atoms with Gasteiger partial charge in [0.1, 0.15) is 11.6 Å². The molecule has 0 aromatic heterocycles. The van der Waals surface area contributed by atoms with Crippen molar-refractivity contribution in [3.05, 3.63) is 35.4 Å². The van der Waals surface area contributed by atoms with Gasteiger partial charge in [-0.25, -0.2) is 8.78 Å². The van der Waals surface area contributed by atoms with Crippen LogP contribution in [0.3, 0.4) is 0 Å². The van der Waals surface area contributed by atoms with Gasteiger partial charge in [-0.1, -0.05) is 20.8 Å². The van der Waals surface area contributed by atoms with Crippen LogP contribution in [0, 0.1) is 23.0 Å². The molecule has 1 aliphatic rings. The molecule has 0 bridgehead atoms. The third-order valence-electron chi connectivity index (χ3n) is 4.31. The van der Waals surface area contributed by atoms with Crippen molar-refractivity contribution >= 4 is 0 Å². The minimum absolute atomic E-state index is 0.268. The molecular formula is C16H24F2N2. The zero-order valence-corrected chi connectivity index (χ0v) is 12.5. The second-order valence-electron chi connectivity index (χ2n) is 6.88. The fourth-order valence-corrected chi connectivity index (χ4v) is 2.88. The van der Waals surface area contributed by atoms with Crippen molar-refractivity contribution in [2.24, 2.45) is 17.1 Å². The second kappa shape index (κ2) is 5.78. The second-order valence-corrected chi connectivity index (χ2v) is 6.88. The lowest BCUT2D eigenvalue weighted by molar-refractivity contribution is 0.224. The Morgan fingerprint density at radius 2 is 2.05 bits per heavy atom. The van der Waals surface area contributed by atoms with Crippen molar-refractivity contribution in [3.8, 4) is 0 Å². The summed E-state index contributed by atoms with van der Waals surface area (Å²) in [6, 6.07) is 2.99. The fourth-order valence-electron chi connectivity index (χ4n) is 2.88. The molecule has 2 unspecified atom stereocenters. The smallest absolute Gasteiger partial charge is 0.128 e. The molecule has 1 aromatic rings. The first-order chi connectivity index (χ1) is 9.27. The van der Waals surface area contributed by atoms with Gasteiger partial charge in [-0.15, -0.1) is 0 Å². The van der Waals surface area contributed by atoms with E-state index in [1.165, 1.54) is 6.07 Å². The fraction of sp³-hybridized carbons (Fsp3) is 0.625. The van der Waals surface area contributed by atoms with E-state index in [2.05, 4.69) is 25.7 Å². The summed E-state index contributed by atoms with van der Waals surface area (Å²) in [5.41, 5.74) is 6.60.